The summed E-state index contributed by atoms with van der Waals surface area (Å²) in [6.45, 7) is 2.53. The summed E-state index contributed by atoms with van der Waals surface area (Å²) in [7, 11) is 0. The van der Waals surface area contributed by atoms with Gasteiger partial charge in [0.25, 0.3) is 0 Å². The number of rotatable bonds is 5. The van der Waals surface area contributed by atoms with Gasteiger partial charge in [0, 0.05) is 42.9 Å². The number of thioether (sulfide) groups is 1. The summed E-state index contributed by atoms with van der Waals surface area (Å²) in [5.74, 6) is 2.44. The minimum Gasteiger partial charge on any atom is -0.465 e. The molecule has 3 N–H and O–H groups in total. The number of aromatic nitrogens is 1. The van der Waals surface area contributed by atoms with E-state index >= 15 is 0 Å². The summed E-state index contributed by atoms with van der Waals surface area (Å²) < 4.78 is 12.0. The average Bonchev–Trinajstić information content (AvgIpc) is 3.31. The lowest BCUT2D eigenvalue weighted by Gasteiger charge is -2.31. The summed E-state index contributed by atoms with van der Waals surface area (Å²) in [6.07, 6.45) is 9.26. The molecule has 7 nitrogen and oxygen atoms in total. The van der Waals surface area contributed by atoms with Crippen molar-refractivity contribution in [3.05, 3.63) is 47.2 Å². The van der Waals surface area contributed by atoms with Crippen LogP contribution in [-0.2, 0) is 22.5 Å². The van der Waals surface area contributed by atoms with Gasteiger partial charge in [-0.15, -0.1) is 0 Å². The Morgan fingerprint density at radius 1 is 1.45 bits per heavy atom. The molecule has 29 heavy (non-hydrogen) atoms. The molecule has 8 heteroatoms. The van der Waals surface area contributed by atoms with Crippen molar-refractivity contribution in [1.82, 2.24) is 9.88 Å². The largest absolute Gasteiger partial charge is 0.465 e. The van der Waals surface area contributed by atoms with Crippen LogP contribution in [0.4, 0.5) is 5.82 Å². The van der Waals surface area contributed by atoms with E-state index in [0.717, 1.165) is 67.6 Å². The lowest BCUT2D eigenvalue weighted by Crippen LogP contribution is -2.40. The number of hydrogen-bond acceptors (Lipinski definition) is 7. The van der Waals surface area contributed by atoms with E-state index in [2.05, 4.69) is 15.2 Å². The van der Waals surface area contributed by atoms with Crippen molar-refractivity contribution in [1.29, 1.82) is 0 Å². The molecule has 1 fully saturated rings. The lowest BCUT2D eigenvalue weighted by molar-refractivity contribution is -0.123. The van der Waals surface area contributed by atoms with E-state index < -0.39 is 0 Å². The van der Waals surface area contributed by atoms with Gasteiger partial charge in [-0.05, 0) is 37.9 Å². The van der Waals surface area contributed by atoms with E-state index in [1.165, 1.54) is 11.1 Å². The third-order valence-electron chi connectivity index (χ3n) is 5.75. The smallest absolute Gasteiger partial charge is 0.224 e. The Balaban J connectivity index is 1.24. The standard InChI is InChI=1S/C21H24N4O3S/c22-19(26)13-3-2-8-25(10-13)11-14-12-27-17-9-15(5-6-16(14)17)28-21-24-20-18(29-21)4-1-7-23-20/h1,4,7,9,12-13,21H,2-3,5-6,8,10-11H2,(H2,22,26)(H,23,24)/t13-,21?/m1/s1. The number of carbonyl (C=O) groups is 1. The predicted octanol–water partition coefficient (Wildman–Crippen LogP) is 3.18. The van der Waals surface area contributed by atoms with E-state index in [1.807, 2.05) is 24.5 Å². The zero-order chi connectivity index (χ0) is 19.8. The van der Waals surface area contributed by atoms with Gasteiger partial charge in [-0.2, -0.15) is 0 Å². The lowest BCUT2D eigenvalue weighted by atomic mass is 9.95. The number of likely N-dealkylation sites (tertiary alicyclic amines) is 1. The van der Waals surface area contributed by atoms with E-state index in [0.29, 0.717) is 0 Å². The first-order valence-electron chi connectivity index (χ1n) is 10.0. The third-order valence-corrected chi connectivity index (χ3v) is 6.76. The van der Waals surface area contributed by atoms with E-state index in [1.54, 1.807) is 18.0 Å². The SMILES string of the molecule is NC(=O)[C@@H]1CCCN(Cc2coc3c2CCC(OC2Nc4ncccc4S2)=C3)C1. The fraction of sp³-hybridized carbons (Fsp3) is 0.429. The first kappa shape index (κ1) is 18.6. The predicted molar refractivity (Wildman–Crippen MR) is 111 cm³/mol. The van der Waals surface area contributed by atoms with Crippen LogP contribution >= 0.6 is 11.8 Å². The van der Waals surface area contributed by atoms with Gasteiger partial charge in [0.15, 0.2) is 0 Å². The number of primary amides is 1. The molecule has 152 valence electrons. The van der Waals surface area contributed by atoms with Crippen LogP contribution in [0.2, 0.25) is 0 Å². The number of fused-ring (bicyclic) bond motifs is 2. The Kier molecular flexibility index (Phi) is 4.97. The quantitative estimate of drug-likeness (QED) is 0.779. The van der Waals surface area contributed by atoms with Gasteiger partial charge in [-0.25, -0.2) is 4.98 Å². The Hall–Kier alpha value is -2.45. The molecule has 0 radical (unpaired) electrons. The maximum Gasteiger partial charge on any atom is 0.224 e. The number of allylic oxidation sites excluding steroid dienone is 1. The molecule has 2 aromatic rings. The monoisotopic (exact) mass is 412 g/mol. The van der Waals surface area contributed by atoms with E-state index in [4.69, 9.17) is 14.9 Å². The van der Waals surface area contributed by atoms with Gasteiger partial charge in [0.05, 0.1) is 17.1 Å². The zero-order valence-corrected chi connectivity index (χ0v) is 16.9. The highest BCUT2D eigenvalue weighted by Gasteiger charge is 2.28. The van der Waals surface area contributed by atoms with Gasteiger partial charge in [0.2, 0.25) is 11.5 Å². The average molecular weight is 413 g/mol. The van der Waals surface area contributed by atoms with Crippen molar-refractivity contribution in [3.63, 3.8) is 0 Å². The molecular formula is C21H24N4O3S. The van der Waals surface area contributed by atoms with Crippen molar-refractivity contribution in [2.24, 2.45) is 11.7 Å². The molecule has 2 aromatic heterocycles. The topological polar surface area (TPSA) is 93.6 Å². The summed E-state index contributed by atoms with van der Waals surface area (Å²) >= 11 is 1.63. The Morgan fingerprint density at radius 2 is 2.38 bits per heavy atom. The van der Waals surface area contributed by atoms with Crippen molar-refractivity contribution in [3.8, 4) is 0 Å². The number of pyridine rings is 1. The van der Waals surface area contributed by atoms with Gasteiger partial charge < -0.3 is 20.2 Å². The van der Waals surface area contributed by atoms with Crippen molar-refractivity contribution in [2.45, 2.75) is 42.7 Å². The number of hydrogen-bond donors (Lipinski definition) is 2. The fourth-order valence-electron chi connectivity index (χ4n) is 4.25. The zero-order valence-electron chi connectivity index (χ0n) is 16.1. The molecule has 2 aliphatic heterocycles. The molecule has 1 aliphatic carbocycles. The minimum atomic E-state index is -0.190. The highest BCUT2D eigenvalue weighted by atomic mass is 32.2. The molecule has 0 saturated carbocycles. The van der Waals surface area contributed by atoms with Crippen LogP contribution in [-0.4, -0.2) is 34.4 Å². The Bertz CT molecular complexity index is 932. The number of nitrogens with one attached hydrogen (secondary N) is 1. The van der Waals surface area contributed by atoms with Gasteiger partial charge in [0.1, 0.15) is 17.3 Å². The number of furan rings is 1. The molecule has 1 unspecified atom stereocenters. The summed E-state index contributed by atoms with van der Waals surface area (Å²) in [5, 5.41) is 3.29. The van der Waals surface area contributed by atoms with Crippen LogP contribution in [0.3, 0.4) is 0 Å². The number of ether oxygens (including phenoxy) is 1. The fourth-order valence-corrected chi connectivity index (χ4v) is 5.20. The van der Waals surface area contributed by atoms with Crippen molar-refractivity contribution >= 4 is 29.6 Å². The van der Waals surface area contributed by atoms with Crippen LogP contribution in [0.15, 0.2) is 39.7 Å². The van der Waals surface area contributed by atoms with E-state index in [9.17, 15) is 4.79 Å². The molecule has 2 atom stereocenters. The molecule has 1 saturated heterocycles. The van der Waals surface area contributed by atoms with Crippen LogP contribution in [0.5, 0.6) is 0 Å². The first-order valence-corrected chi connectivity index (χ1v) is 10.9. The number of nitrogens with two attached hydrogens (primary N) is 1. The van der Waals surface area contributed by atoms with E-state index in [-0.39, 0.29) is 17.4 Å². The minimum absolute atomic E-state index is 0.0404. The Morgan fingerprint density at radius 3 is 3.24 bits per heavy atom. The highest BCUT2D eigenvalue weighted by molar-refractivity contribution is 8.00. The molecular weight excluding hydrogens is 388 g/mol. The maximum absolute atomic E-state index is 11.5. The second-order valence-electron chi connectivity index (χ2n) is 7.75. The maximum atomic E-state index is 11.5. The van der Waals surface area contributed by atoms with Crippen molar-refractivity contribution in [2.75, 3.05) is 18.4 Å². The molecule has 0 spiro atoms. The molecule has 3 aliphatic rings. The highest BCUT2D eigenvalue weighted by Crippen LogP contribution is 2.39. The van der Waals surface area contributed by atoms with Gasteiger partial charge >= 0.3 is 0 Å². The van der Waals surface area contributed by atoms with Crippen LogP contribution in [0.25, 0.3) is 6.08 Å². The normalized spacial score (nSPS) is 23.7. The second-order valence-corrected chi connectivity index (χ2v) is 8.86. The summed E-state index contributed by atoms with van der Waals surface area (Å²) in [4.78, 5) is 19.3. The Labute approximate surface area is 173 Å². The molecule has 1 amide bonds. The summed E-state index contributed by atoms with van der Waals surface area (Å²) in [6, 6.07) is 3.97. The van der Waals surface area contributed by atoms with Gasteiger partial charge in [-0.1, -0.05) is 11.8 Å². The molecule has 0 aromatic carbocycles. The number of amides is 1. The first-order chi connectivity index (χ1) is 14.2. The second kappa shape index (κ2) is 7.76. The number of nitrogens with zero attached hydrogens (tertiary/aromatic N) is 2. The molecule has 4 heterocycles. The number of carbonyl (C=O) groups excluding carboxylic acids is 1. The van der Waals surface area contributed by atoms with Crippen LogP contribution in [0, 0.1) is 5.92 Å². The van der Waals surface area contributed by atoms with Crippen molar-refractivity contribution < 1.29 is 13.9 Å². The number of piperidine rings is 1. The number of anilines is 1. The van der Waals surface area contributed by atoms with Crippen LogP contribution < -0.4 is 11.1 Å². The molecule has 0 bridgehead atoms. The van der Waals surface area contributed by atoms with Crippen LogP contribution in [0.1, 0.15) is 36.1 Å². The molecule has 5 rings (SSSR count). The van der Waals surface area contributed by atoms with Gasteiger partial charge in [-0.3, -0.25) is 9.69 Å². The summed E-state index contributed by atoms with van der Waals surface area (Å²) in [5.41, 5.74) is 7.79. The third kappa shape index (κ3) is 3.86.